The number of aromatic nitrogens is 1. The molecule has 0 radical (unpaired) electrons. The zero-order chi connectivity index (χ0) is 17.9. The summed E-state index contributed by atoms with van der Waals surface area (Å²) in [5.41, 5.74) is 4.62. The van der Waals surface area contributed by atoms with E-state index in [2.05, 4.69) is 51.7 Å². The Morgan fingerprint density at radius 2 is 2.04 bits per heavy atom. The molecular weight excluding hydrogens is 344 g/mol. The molecule has 1 fully saturated rings. The summed E-state index contributed by atoms with van der Waals surface area (Å²) in [6.07, 6.45) is 1.93. The molecule has 0 amide bonds. The van der Waals surface area contributed by atoms with Gasteiger partial charge in [0.2, 0.25) is 0 Å². The number of methoxy groups -OCH3 is 1. The zero-order valence-electron chi connectivity index (χ0n) is 15.0. The van der Waals surface area contributed by atoms with Gasteiger partial charge in [0.05, 0.1) is 18.7 Å². The maximum absolute atomic E-state index is 5.31. The SMILES string of the molecule is COc1ccc(C)c(Nc2ncc(-c3ccc(N4CCNC4)cc3)s2)c1. The van der Waals surface area contributed by atoms with E-state index in [9.17, 15) is 0 Å². The Kier molecular flexibility index (Phi) is 4.77. The average Bonchev–Trinajstić information content (AvgIpc) is 3.36. The second kappa shape index (κ2) is 7.35. The molecule has 0 spiro atoms. The number of hydrogen-bond donors (Lipinski definition) is 2. The molecule has 0 bridgehead atoms. The standard InChI is InChI=1S/C20H22N4OS/c1-14-3-8-17(25-2)11-18(14)23-20-22-12-19(26-20)15-4-6-16(7-5-15)24-10-9-21-13-24/h3-8,11-12,21H,9-10,13H2,1-2H3,(H,22,23). The van der Waals surface area contributed by atoms with Gasteiger partial charge in [0.1, 0.15) is 5.75 Å². The monoisotopic (exact) mass is 366 g/mol. The van der Waals surface area contributed by atoms with E-state index in [1.165, 1.54) is 11.3 Å². The van der Waals surface area contributed by atoms with Gasteiger partial charge in [-0.3, -0.25) is 5.32 Å². The van der Waals surface area contributed by atoms with Crippen molar-refractivity contribution in [2.24, 2.45) is 0 Å². The Hall–Kier alpha value is -2.57. The number of nitrogens with one attached hydrogen (secondary N) is 2. The first-order valence-corrected chi connectivity index (χ1v) is 9.48. The van der Waals surface area contributed by atoms with Crippen LogP contribution in [0.5, 0.6) is 5.75 Å². The van der Waals surface area contributed by atoms with Crippen molar-refractivity contribution in [3.05, 3.63) is 54.2 Å². The number of ether oxygens (including phenoxy) is 1. The van der Waals surface area contributed by atoms with E-state index in [0.717, 1.165) is 46.8 Å². The van der Waals surface area contributed by atoms with Crippen LogP contribution in [0, 0.1) is 6.92 Å². The maximum atomic E-state index is 5.31. The first-order chi connectivity index (χ1) is 12.7. The Morgan fingerprint density at radius 3 is 2.77 bits per heavy atom. The van der Waals surface area contributed by atoms with Gasteiger partial charge in [0.15, 0.2) is 5.13 Å². The van der Waals surface area contributed by atoms with Gasteiger partial charge in [-0.1, -0.05) is 29.5 Å². The molecule has 0 saturated carbocycles. The van der Waals surface area contributed by atoms with E-state index in [0.29, 0.717) is 0 Å². The first-order valence-electron chi connectivity index (χ1n) is 8.66. The summed E-state index contributed by atoms with van der Waals surface area (Å²) in [7, 11) is 1.68. The Balaban J connectivity index is 1.51. The zero-order valence-corrected chi connectivity index (χ0v) is 15.8. The van der Waals surface area contributed by atoms with Crippen LogP contribution in [0.2, 0.25) is 0 Å². The number of nitrogens with zero attached hydrogens (tertiary/aromatic N) is 2. The van der Waals surface area contributed by atoms with Crippen molar-refractivity contribution in [1.29, 1.82) is 0 Å². The van der Waals surface area contributed by atoms with Gasteiger partial charge in [0, 0.05) is 36.7 Å². The molecule has 0 unspecified atom stereocenters. The van der Waals surface area contributed by atoms with Crippen LogP contribution in [-0.2, 0) is 0 Å². The second-order valence-electron chi connectivity index (χ2n) is 6.30. The molecule has 1 aliphatic heterocycles. The number of benzene rings is 2. The van der Waals surface area contributed by atoms with Crippen LogP contribution in [0.4, 0.5) is 16.5 Å². The minimum atomic E-state index is 0.835. The lowest BCUT2D eigenvalue weighted by Crippen LogP contribution is -2.20. The fraction of sp³-hybridized carbons (Fsp3) is 0.250. The Morgan fingerprint density at radius 1 is 1.19 bits per heavy atom. The van der Waals surface area contributed by atoms with Gasteiger partial charge in [0.25, 0.3) is 0 Å². The van der Waals surface area contributed by atoms with Crippen molar-refractivity contribution in [3.63, 3.8) is 0 Å². The van der Waals surface area contributed by atoms with Crippen LogP contribution >= 0.6 is 11.3 Å². The van der Waals surface area contributed by atoms with Gasteiger partial charge in [-0.2, -0.15) is 0 Å². The average molecular weight is 366 g/mol. The second-order valence-corrected chi connectivity index (χ2v) is 7.33. The third kappa shape index (κ3) is 3.52. The van der Waals surface area contributed by atoms with E-state index >= 15 is 0 Å². The number of hydrogen-bond acceptors (Lipinski definition) is 6. The predicted molar refractivity (Wildman–Crippen MR) is 109 cm³/mol. The van der Waals surface area contributed by atoms with Gasteiger partial charge in [-0.15, -0.1) is 0 Å². The summed E-state index contributed by atoms with van der Waals surface area (Å²) in [5, 5.41) is 7.64. The van der Waals surface area contributed by atoms with Crippen molar-refractivity contribution >= 4 is 27.8 Å². The fourth-order valence-electron chi connectivity index (χ4n) is 3.01. The molecule has 1 aromatic heterocycles. The van der Waals surface area contributed by atoms with E-state index in [1.807, 2.05) is 24.4 Å². The minimum absolute atomic E-state index is 0.835. The van der Waals surface area contributed by atoms with E-state index in [1.54, 1.807) is 18.4 Å². The lowest BCUT2D eigenvalue weighted by Gasteiger charge is -2.16. The van der Waals surface area contributed by atoms with Crippen molar-refractivity contribution in [2.75, 3.05) is 37.1 Å². The molecule has 0 aliphatic carbocycles. The summed E-state index contributed by atoms with van der Waals surface area (Å²) in [6, 6.07) is 14.7. The molecule has 4 rings (SSSR count). The van der Waals surface area contributed by atoms with Crippen molar-refractivity contribution in [2.45, 2.75) is 6.92 Å². The van der Waals surface area contributed by atoms with Crippen molar-refractivity contribution in [1.82, 2.24) is 10.3 Å². The number of rotatable bonds is 5. The molecule has 26 heavy (non-hydrogen) atoms. The molecular formula is C20H22N4OS. The van der Waals surface area contributed by atoms with Gasteiger partial charge < -0.3 is 15.0 Å². The Bertz CT molecular complexity index is 885. The van der Waals surface area contributed by atoms with Crippen molar-refractivity contribution < 1.29 is 4.74 Å². The molecule has 2 N–H and O–H groups in total. The molecule has 6 heteroatoms. The minimum Gasteiger partial charge on any atom is -0.497 e. The highest BCUT2D eigenvalue weighted by molar-refractivity contribution is 7.18. The molecule has 2 aromatic carbocycles. The lowest BCUT2D eigenvalue weighted by atomic mass is 10.2. The van der Waals surface area contributed by atoms with Crippen LogP contribution < -0.4 is 20.3 Å². The van der Waals surface area contributed by atoms with E-state index < -0.39 is 0 Å². The van der Waals surface area contributed by atoms with E-state index in [-0.39, 0.29) is 0 Å². The van der Waals surface area contributed by atoms with Gasteiger partial charge >= 0.3 is 0 Å². The van der Waals surface area contributed by atoms with Crippen molar-refractivity contribution in [3.8, 4) is 16.2 Å². The highest BCUT2D eigenvalue weighted by atomic mass is 32.1. The van der Waals surface area contributed by atoms with Crippen LogP contribution in [-0.4, -0.2) is 31.9 Å². The first kappa shape index (κ1) is 16.9. The van der Waals surface area contributed by atoms with Crippen LogP contribution in [0.25, 0.3) is 10.4 Å². The molecule has 2 heterocycles. The number of anilines is 3. The highest BCUT2D eigenvalue weighted by Gasteiger charge is 2.12. The number of aryl methyl sites for hydroxylation is 1. The number of thiazole rings is 1. The maximum Gasteiger partial charge on any atom is 0.187 e. The largest absolute Gasteiger partial charge is 0.497 e. The lowest BCUT2D eigenvalue weighted by molar-refractivity contribution is 0.415. The third-order valence-corrected chi connectivity index (χ3v) is 5.53. The summed E-state index contributed by atoms with van der Waals surface area (Å²) < 4.78 is 5.31. The van der Waals surface area contributed by atoms with Crippen LogP contribution in [0.15, 0.2) is 48.7 Å². The quantitative estimate of drug-likeness (QED) is 0.707. The smallest absolute Gasteiger partial charge is 0.187 e. The normalized spacial score (nSPS) is 13.8. The Labute approximate surface area is 157 Å². The van der Waals surface area contributed by atoms with Gasteiger partial charge in [-0.25, -0.2) is 4.98 Å². The molecule has 1 aliphatic rings. The molecule has 3 aromatic rings. The summed E-state index contributed by atoms with van der Waals surface area (Å²) in [4.78, 5) is 8.02. The molecule has 0 atom stereocenters. The molecule has 1 saturated heterocycles. The molecule has 134 valence electrons. The summed E-state index contributed by atoms with van der Waals surface area (Å²) >= 11 is 1.65. The highest BCUT2D eigenvalue weighted by Crippen LogP contribution is 2.33. The fourth-order valence-corrected chi connectivity index (χ4v) is 3.84. The summed E-state index contributed by atoms with van der Waals surface area (Å²) in [5.74, 6) is 0.835. The third-order valence-electron chi connectivity index (χ3n) is 4.57. The van der Waals surface area contributed by atoms with E-state index in [4.69, 9.17) is 4.74 Å². The topological polar surface area (TPSA) is 49.4 Å². The van der Waals surface area contributed by atoms with Crippen LogP contribution in [0.3, 0.4) is 0 Å². The van der Waals surface area contributed by atoms with Gasteiger partial charge in [-0.05, 0) is 36.2 Å². The predicted octanol–water partition coefficient (Wildman–Crippen LogP) is 4.24. The molecule has 5 nitrogen and oxygen atoms in total. The summed E-state index contributed by atoms with van der Waals surface area (Å²) in [6.45, 7) is 5.11. The van der Waals surface area contributed by atoms with Crippen LogP contribution in [0.1, 0.15) is 5.56 Å².